The molecule has 0 saturated heterocycles. The van der Waals surface area contributed by atoms with Crippen LogP contribution in [0.5, 0.6) is 11.5 Å². The molecule has 0 unspecified atom stereocenters. The standard InChI is InChI=1S/C22H11F6N3O2/c23-14-10-17(31-21(32)11-2-1-3-12(8-11)22(26,27)28)19(25)20(18(14)24)33-13-4-5-15-16(9-13)30-7-6-29-15/h1-10H,(H,31,32). The van der Waals surface area contributed by atoms with Crippen LogP contribution in [-0.4, -0.2) is 15.9 Å². The molecule has 4 rings (SSSR count). The van der Waals surface area contributed by atoms with E-state index in [4.69, 9.17) is 4.74 Å². The van der Waals surface area contributed by atoms with Crippen LogP contribution >= 0.6 is 0 Å². The summed E-state index contributed by atoms with van der Waals surface area (Å²) >= 11 is 0. The van der Waals surface area contributed by atoms with Gasteiger partial charge >= 0.3 is 6.18 Å². The zero-order valence-corrected chi connectivity index (χ0v) is 16.3. The molecule has 1 heterocycles. The number of nitrogens with one attached hydrogen (secondary N) is 1. The van der Waals surface area contributed by atoms with Gasteiger partial charge in [0.15, 0.2) is 11.6 Å². The third kappa shape index (κ3) is 4.56. The molecule has 168 valence electrons. The van der Waals surface area contributed by atoms with Gasteiger partial charge in [0.05, 0.1) is 22.3 Å². The van der Waals surface area contributed by atoms with Crippen LogP contribution in [0.3, 0.4) is 0 Å². The zero-order chi connectivity index (χ0) is 23.8. The van der Waals surface area contributed by atoms with Crippen molar-refractivity contribution < 1.29 is 35.9 Å². The summed E-state index contributed by atoms with van der Waals surface area (Å²) in [6, 6.07) is 7.77. The topological polar surface area (TPSA) is 64.1 Å². The SMILES string of the molecule is O=C(Nc1cc(F)c(F)c(Oc2ccc3nccnc3c2)c1F)c1cccc(C(F)(F)F)c1. The van der Waals surface area contributed by atoms with Crippen molar-refractivity contribution >= 4 is 22.6 Å². The molecule has 1 amide bonds. The number of benzene rings is 3. The van der Waals surface area contributed by atoms with E-state index >= 15 is 0 Å². The fourth-order valence-corrected chi connectivity index (χ4v) is 2.92. The second-order valence-electron chi connectivity index (χ2n) is 6.70. The number of alkyl halides is 3. The molecule has 0 saturated carbocycles. The van der Waals surface area contributed by atoms with Crippen molar-refractivity contribution in [3.8, 4) is 11.5 Å². The van der Waals surface area contributed by atoms with Crippen molar-refractivity contribution in [2.45, 2.75) is 6.18 Å². The maximum absolute atomic E-state index is 14.9. The van der Waals surface area contributed by atoms with E-state index < -0.39 is 52.1 Å². The highest BCUT2D eigenvalue weighted by atomic mass is 19.4. The Morgan fingerprint density at radius 3 is 2.33 bits per heavy atom. The third-order valence-corrected chi connectivity index (χ3v) is 4.48. The molecule has 0 bridgehead atoms. The second-order valence-corrected chi connectivity index (χ2v) is 6.70. The van der Waals surface area contributed by atoms with Gasteiger partial charge < -0.3 is 10.1 Å². The lowest BCUT2D eigenvalue weighted by molar-refractivity contribution is -0.137. The summed E-state index contributed by atoms with van der Waals surface area (Å²) in [7, 11) is 0. The maximum Gasteiger partial charge on any atom is 0.416 e. The minimum Gasteiger partial charge on any atom is -0.451 e. The van der Waals surface area contributed by atoms with Gasteiger partial charge in [-0.2, -0.15) is 17.6 Å². The Labute approximate surface area is 181 Å². The van der Waals surface area contributed by atoms with Crippen LogP contribution in [0, 0.1) is 17.5 Å². The molecule has 4 aromatic rings. The van der Waals surface area contributed by atoms with Crippen LogP contribution in [0.15, 0.2) is 60.9 Å². The van der Waals surface area contributed by atoms with Gasteiger partial charge in [-0.3, -0.25) is 14.8 Å². The molecular weight excluding hydrogens is 452 g/mol. The predicted octanol–water partition coefficient (Wildman–Crippen LogP) is 6.11. The highest BCUT2D eigenvalue weighted by Crippen LogP contribution is 2.35. The largest absolute Gasteiger partial charge is 0.451 e. The molecule has 11 heteroatoms. The van der Waals surface area contributed by atoms with Crippen molar-refractivity contribution in [1.29, 1.82) is 0 Å². The number of halogens is 6. The molecule has 1 aromatic heterocycles. The Morgan fingerprint density at radius 1 is 0.879 bits per heavy atom. The summed E-state index contributed by atoms with van der Waals surface area (Å²) in [5.41, 5.74) is -1.59. The fourth-order valence-electron chi connectivity index (χ4n) is 2.92. The quantitative estimate of drug-likeness (QED) is 0.293. The van der Waals surface area contributed by atoms with Gasteiger partial charge in [-0.25, -0.2) is 8.78 Å². The Kier molecular flexibility index (Phi) is 5.62. The van der Waals surface area contributed by atoms with E-state index in [1.165, 1.54) is 30.6 Å². The Hall–Kier alpha value is -4.15. The predicted molar refractivity (Wildman–Crippen MR) is 105 cm³/mol. The fraction of sp³-hybridized carbons (Fsp3) is 0.0455. The van der Waals surface area contributed by atoms with E-state index in [-0.39, 0.29) is 5.75 Å². The van der Waals surface area contributed by atoms with Crippen molar-refractivity contribution in [2.24, 2.45) is 0 Å². The van der Waals surface area contributed by atoms with Crippen LogP contribution < -0.4 is 10.1 Å². The first kappa shape index (κ1) is 22.1. The molecule has 1 N–H and O–H groups in total. The molecule has 0 spiro atoms. The van der Waals surface area contributed by atoms with E-state index in [1.807, 2.05) is 5.32 Å². The molecule has 0 atom stereocenters. The lowest BCUT2D eigenvalue weighted by Crippen LogP contribution is -2.15. The summed E-state index contributed by atoms with van der Waals surface area (Å²) < 4.78 is 87.1. The Balaban J connectivity index is 1.65. The van der Waals surface area contributed by atoms with Gasteiger partial charge in [0.25, 0.3) is 5.91 Å². The van der Waals surface area contributed by atoms with Crippen molar-refractivity contribution in [2.75, 3.05) is 5.32 Å². The first-order chi connectivity index (χ1) is 15.6. The summed E-state index contributed by atoms with van der Waals surface area (Å²) in [5.74, 6) is -7.10. The maximum atomic E-state index is 14.9. The van der Waals surface area contributed by atoms with E-state index in [0.717, 1.165) is 18.2 Å². The van der Waals surface area contributed by atoms with E-state index in [9.17, 15) is 31.1 Å². The first-order valence-electron chi connectivity index (χ1n) is 9.18. The van der Waals surface area contributed by atoms with E-state index in [0.29, 0.717) is 23.2 Å². The van der Waals surface area contributed by atoms with Crippen LogP contribution in [0.2, 0.25) is 0 Å². The number of rotatable bonds is 4. The van der Waals surface area contributed by atoms with Gasteiger partial charge in [0.2, 0.25) is 11.6 Å². The molecule has 0 aliphatic heterocycles. The summed E-state index contributed by atoms with van der Waals surface area (Å²) in [5, 5.41) is 1.94. The Morgan fingerprint density at radius 2 is 1.61 bits per heavy atom. The number of hydrogen-bond donors (Lipinski definition) is 1. The number of aromatic nitrogens is 2. The lowest BCUT2D eigenvalue weighted by Gasteiger charge is -2.13. The highest BCUT2D eigenvalue weighted by Gasteiger charge is 2.31. The normalized spacial score (nSPS) is 11.5. The van der Waals surface area contributed by atoms with E-state index in [1.54, 1.807) is 0 Å². The van der Waals surface area contributed by atoms with E-state index in [2.05, 4.69) is 9.97 Å². The summed E-state index contributed by atoms with van der Waals surface area (Å²) in [4.78, 5) is 20.4. The minimum atomic E-state index is -4.71. The molecule has 3 aromatic carbocycles. The lowest BCUT2D eigenvalue weighted by atomic mass is 10.1. The zero-order valence-electron chi connectivity index (χ0n) is 16.3. The highest BCUT2D eigenvalue weighted by molar-refractivity contribution is 6.04. The van der Waals surface area contributed by atoms with Gasteiger partial charge in [0, 0.05) is 30.1 Å². The number of carbonyl (C=O) groups is 1. The van der Waals surface area contributed by atoms with Crippen molar-refractivity contribution in [3.05, 3.63) is 89.5 Å². The van der Waals surface area contributed by atoms with Crippen molar-refractivity contribution in [3.63, 3.8) is 0 Å². The molecule has 0 fully saturated rings. The number of anilines is 1. The number of hydrogen-bond acceptors (Lipinski definition) is 4. The average Bonchev–Trinajstić information content (AvgIpc) is 2.79. The number of amides is 1. The summed E-state index contributed by atoms with van der Waals surface area (Å²) in [6.07, 6.45) is -1.89. The smallest absolute Gasteiger partial charge is 0.416 e. The van der Waals surface area contributed by atoms with Crippen molar-refractivity contribution in [1.82, 2.24) is 9.97 Å². The monoisotopic (exact) mass is 463 g/mol. The van der Waals surface area contributed by atoms with Crippen LogP contribution in [0.25, 0.3) is 11.0 Å². The number of nitrogens with zero attached hydrogens (tertiary/aromatic N) is 2. The Bertz CT molecular complexity index is 1370. The summed E-state index contributed by atoms with van der Waals surface area (Å²) in [6.45, 7) is 0. The van der Waals surface area contributed by atoms with Gasteiger partial charge in [-0.05, 0) is 30.3 Å². The third-order valence-electron chi connectivity index (χ3n) is 4.48. The number of carbonyl (C=O) groups excluding carboxylic acids is 1. The van der Waals surface area contributed by atoms with Crippen LogP contribution in [-0.2, 0) is 6.18 Å². The number of ether oxygens (including phenoxy) is 1. The molecule has 5 nitrogen and oxygen atoms in total. The van der Waals surface area contributed by atoms with Gasteiger partial charge in [-0.1, -0.05) is 6.07 Å². The van der Waals surface area contributed by atoms with Crippen LogP contribution in [0.4, 0.5) is 32.0 Å². The molecular formula is C22H11F6N3O2. The second kappa shape index (κ2) is 8.41. The molecule has 0 radical (unpaired) electrons. The van der Waals surface area contributed by atoms with Crippen LogP contribution in [0.1, 0.15) is 15.9 Å². The minimum absolute atomic E-state index is 0.0958. The van der Waals surface area contributed by atoms with Gasteiger partial charge in [-0.15, -0.1) is 0 Å². The van der Waals surface area contributed by atoms with Gasteiger partial charge in [0.1, 0.15) is 5.75 Å². The number of fused-ring (bicyclic) bond motifs is 1. The average molecular weight is 463 g/mol. The molecule has 33 heavy (non-hydrogen) atoms. The first-order valence-corrected chi connectivity index (χ1v) is 9.18. The molecule has 0 aliphatic carbocycles. The molecule has 0 aliphatic rings.